The average Bonchev–Trinajstić information content (AvgIpc) is 2.87. The van der Waals surface area contributed by atoms with Crippen molar-refractivity contribution in [2.24, 2.45) is 0 Å². The maximum atomic E-state index is 13.8. The van der Waals surface area contributed by atoms with Crippen molar-refractivity contribution in [1.82, 2.24) is 9.97 Å². The van der Waals surface area contributed by atoms with Crippen LogP contribution in [-0.2, 0) is 19.4 Å². The van der Waals surface area contributed by atoms with Crippen molar-refractivity contribution in [2.45, 2.75) is 53.0 Å². The molecule has 0 unspecified atom stereocenters. The largest absolute Gasteiger partial charge is 0.481 e. The number of urea groups is 1. The van der Waals surface area contributed by atoms with E-state index < -0.39 is 0 Å². The number of hydrogen-bond acceptors (Lipinski definition) is 6. The number of aromatic nitrogens is 2. The summed E-state index contributed by atoms with van der Waals surface area (Å²) >= 11 is 6.50. The van der Waals surface area contributed by atoms with Crippen LogP contribution in [0.4, 0.5) is 21.9 Å². The first-order chi connectivity index (χ1) is 17.2. The predicted octanol–water partition coefficient (Wildman–Crippen LogP) is 6.22. The molecule has 0 aliphatic carbocycles. The molecule has 2 aromatic carbocycles. The molecule has 0 saturated heterocycles. The molecule has 0 radical (unpaired) electrons. The Kier molecular flexibility index (Phi) is 8.98. The second-order valence-corrected chi connectivity index (χ2v) is 9.05. The van der Waals surface area contributed by atoms with Crippen LogP contribution in [0.1, 0.15) is 55.9 Å². The minimum Gasteiger partial charge on any atom is -0.481 e. The summed E-state index contributed by atoms with van der Waals surface area (Å²) in [6.45, 7) is 8.41. The summed E-state index contributed by atoms with van der Waals surface area (Å²) in [5, 5.41) is 3.62. The van der Waals surface area contributed by atoms with Crippen molar-refractivity contribution in [1.29, 1.82) is 0 Å². The summed E-state index contributed by atoms with van der Waals surface area (Å²) in [5.74, 6) is 0.694. The van der Waals surface area contributed by atoms with Gasteiger partial charge in [-0.3, -0.25) is 4.90 Å². The number of carbonyl (C=O) groups excluding carboxylic acids is 1. The molecule has 1 aromatic heterocycles. The Bertz CT molecular complexity index is 1190. The van der Waals surface area contributed by atoms with Gasteiger partial charge >= 0.3 is 12.0 Å². The smallest absolute Gasteiger partial charge is 0.326 e. The lowest BCUT2D eigenvalue weighted by Crippen LogP contribution is -2.35. The zero-order valence-electron chi connectivity index (χ0n) is 21.7. The number of carbonyl (C=O) groups is 1. The van der Waals surface area contributed by atoms with Crippen molar-refractivity contribution >= 4 is 34.7 Å². The molecule has 3 N–H and O–H groups in total. The summed E-state index contributed by atoms with van der Waals surface area (Å²) in [6.07, 6.45) is 2.89. The van der Waals surface area contributed by atoms with Crippen molar-refractivity contribution in [3.8, 4) is 11.9 Å². The predicted molar refractivity (Wildman–Crippen MR) is 145 cm³/mol. The number of anilines is 3. The van der Waals surface area contributed by atoms with Gasteiger partial charge in [0.15, 0.2) is 0 Å². The maximum Gasteiger partial charge on any atom is 0.326 e. The van der Waals surface area contributed by atoms with E-state index in [0.29, 0.717) is 52.3 Å². The molecule has 192 valence electrons. The molecule has 3 aromatic rings. The molecule has 0 fully saturated rings. The van der Waals surface area contributed by atoms with Crippen LogP contribution in [-0.4, -0.2) is 30.2 Å². The minimum absolute atomic E-state index is 0.166. The van der Waals surface area contributed by atoms with Crippen molar-refractivity contribution < 1.29 is 14.3 Å². The number of nitrogens with zero attached hydrogens (tertiary/aromatic N) is 3. The van der Waals surface area contributed by atoms with Crippen LogP contribution in [0.15, 0.2) is 36.5 Å². The van der Waals surface area contributed by atoms with E-state index in [9.17, 15) is 4.79 Å². The molecule has 0 aliphatic rings. The van der Waals surface area contributed by atoms with Crippen LogP contribution in [0, 0.1) is 0 Å². The first-order valence-corrected chi connectivity index (χ1v) is 12.3. The number of nitrogens with one attached hydrogen (secondary N) is 1. The first-order valence-electron chi connectivity index (χ1n) is 12.0. The fraction of sp³-hybridized carbons (Fsp3) is 0.370. The lowest BCUT2D eigenvalue weighted by molar-refractivity contribution is 0.256. The number of methoxy groups -OCH3 is 2. The molecule has 0 aliphatic heterocycles. The van der Waals surface area contributed by atoms with Crippen LogP contribution in [0.25, 0.3) is 0 Å². The van der Waals surface area contributed by atoms with Gasteiger partial charge in [0.05, 0.1) is 32.0 Å². The van der Waals surface area contributed by atoms with Gasteiger partial charge in [-0.05, 0) is 53.6 Å². The van der Waals surface area contributed by atoms with Crippen LogP contribution in [0.3, 0.4) is 0 Å². The molecule has 0 spiro atoms. The highest BCUT2D eigenvalue weighted by molar-refractivity contribution is 6.32. The zero-order valence-corrected chi connectivity index (χ0v) is 22.4. The average molecular weight is 512 g/mol. The third-order valence-electron chi connectivity index (χ3n) is 6.09. The Morgan fingerprint density at radius 2 is 1.78 bits per heavy atom. The maximum absolute atomic E-state index is 13.8. The molecular formula is C27H34ClN5O3. The SMILES string of the molecule is CCc1c(N)cc(Cl)c(CC)c1NC(=O)N(Cc1cnc(OC)nc1OC)c1ccc(C(C)C)cc1. The number of nitrogens with two attached hydrogens (primary N) is 1. The van der Waals surface area contributed by atoms with Crippen molar-refractivity contribution in [2.75, 3.05) is 30.2 Å². The van der Waals surface area contributed by atoms with Crippen LogP contribution < -0.4 is 25.4 Å². The second kappa shape index (κ2) is 11.9. The summed E-state index contributed by atoms with van der Waals surface area (Å²) in [6, 6.07) is 9.50. The molecular weight excluding hydrogens is 478 g/mol. The van der Waals surface area contributed by atoms with E-state index in [1.54, 1.807) is 17.2 Å². The van der Waals surface area contributed by atoms with Gasteiger partial charge in [-0.25, -0.2) is 9.78 Å². The summed E-state index contributed by atoms with van der Waals surface area (Å²) < 4.78 is 10.6. The number of hydrogen-bond donors (Lipinski definition) is 2. The number of amides is 2. The summed E-state index contributed by atoms with van der Waals surface area (Å²) in [7, 11) is 3.00. The molecule has 36 heavy (non-hydrogen) atoms. The standard InChI is InChI=1S/C27H34ClN5O3/c1-7-20-22(28)13-23(29)21(8-2)24(20)31-27(34)33(19-11-9-17(10-12-19)16(3)4)15-18-14-30-26(36-6)32-25(18)35-5/h9-14,16H,7-8,15,29H2,1-6H3,(H,31,34). The summed E-state index contributed by atoms with van der Waals surface area (Å²) in [5.41, 5.74) is 11.7. The number of benzene rings is 2. The molecule has 0 saturated carbocycles. The van der Waals surface area contributed by atoms with Gasteiger partial charge in [0, 0.05) is 22.6 Å². The molecule has 1 heterocycles. The quantitative estimate of drug-likeness (QED) is 0.331. The van der Waals surface area contributed by atoms with E-state index in [4.69, 9.17) is 26.8 Å². The van der Waals surface area contributed by atoms with E-state index >= 15 is 0 Å². The van der Waals surface area contributed by atoms with Crippen LogP contribution in [0.5, 0.6) is 11.9 Å². The minimum atomic E-state index is -0.337. The zero-order chi connectivity index (χ0) is 26.4. The van der Waals surface area contributed by atoms with Gasteiger partial charge in [0.1, 0.15) is 0 Å². The Hall–Kier alpha value is -3.52. The van der Waals surface area contributed by atoms with Crippen LogP contribution >= 0.6 is 11.6 Å². The normalized spacial score (nSPS) is 10.9. The Balaban J connectivity index is 2.07. The highest BCUT2D eigenvalue weighted by atomic mass is 35.5. The fourth-order valence-corrected chi connectivity index (χ4v) is 4.40. The Morgan fingerprint density at radius 3 is 2.33 bits per heavy atom. The number of rotatable bonds is 9. The number of halogens is 1. The molecule has 2 amide bonds. The van der Waals surface area contributed by atoms with Gasteiger partial charge in [-0.15, -0.1) is 0 Å². The topological polar surface area (TPSA) is 103 Å². The van der Waals surface area contributed by atoms with Crippen LogP contribution in [0.2, 0.25) is 5.02 Å². The van der Waals surface area contributed by atoms with E-state index in [0.717, 1.165) is 11.1 Å². The highest BCUT2D eigenvalue weighted by Gasteiger charge is 2.23. The molecule has 8 nitrogen and oxygen atoms in total. The van der Waals surface area contributed by atoms with Crippen molar-refractivity contribution in [3.05, 3.63) is 63.8 Å². The molecule has 9 heteroatoms. The van der Waals surface area contributed by atoms with Gasteiger partial charge in [0.25, 0.3) is 0 Å². The molecule has 0 atom stereocenters. The second-order valence-electron chi connectivity index (χ2n) is 8.64. The fourth-order valence-electron chi connectivity index (χ4n) is 4.06. The van der Waals surface area contributed by atoms with Gasteiger partial charge < -0.3 is 20.5 Å². The first kappa shape index (κ1) is 27.1. The van der Waals surface area contributed by atoms with Gasteiger partial charge in [-0.2, -0.15) is 4.98 Å². The monoisotopic (exact) mass is 511 g/mol. The molecule has 0 bridgehead atoms. The Morgan fingerprint density at radius 1 is 1.11 bits per heavy atom. The third-order valence-corrected chi connectivity index (χ3v) is 6.42. The third kappa shape index (κ3) is 5.82. The van der Waals surface area contributed by atoms with E-state index in [2.05, 4.69) is 29.1 Å². The highest BCUT2D eigenvalue weighted by Crippen LogP contribution is 2.35. The van der Waals surface area contributed by atoms with Gasteiger partial charge in [-0.1, -0.05) is 51.4 Å². The van der Waals surface area contributed by atoms with E-state index in [-0.39, 0.29) is 18.6 Å². The van der Waals surface area contributed by atoms with E-state index in [1.165, 1.54) is 19.8 Å². The van der Waals surface area contributed by atoms with Crippen molar-refractivity contribution in [3.63, 3.8) is 0 Å². The lowest BCUT2D eigenvalue weighted by atomic mass is 10.0. The number of nitrogen functional groups attached to an aromatic ring is 1. The molecule has 3 rings (SSSR count). The Labute approximate surface area is 217 Å². The summed E-state index contributed by atoms with van der Waals surface area (Å²) in [4.78, 5) is 23.9. The lowest BCUT2D eigenvalue weighted by Gasteiger charge is -2.26. The van der Waals surface area contributed by atoms with E-state index in [1.807, 2.05) is 38.1 Å². The number of ether oxygens (including phenoxy) is 2. The van der Waals surface area contributed by atoms with Gasteiger partial charge in [0.2, 0.25) is 5.88 Å².